The fourth-order valence-electron chi connectivity index (χ4n) is 2.04. The van der Waals surface area contributed by atoms with E-state index >= 15 is 0 Å². The van der Waals surface area contributed by atoms with Crippen molar-refractivity contribution < 1.29 is 22.2 Å². The fourth-order valence-corrected chi connectivity index (χ4v) is 2.04. The molecule has 0 atom stereocenters. The van der Waals surface area contributed by atoms with Crippen LogP contribution in [-0.2, 0) is 19.0 Å². The highest BCUT2D eigenvalue weighted by Gasteiger charge is 2.38. The van der Waals surface area contributed by atoms with Gasteiger partial charge in [0.25, 0.3) is 5.56 Å². The summed E-state index contributed by atoms with van der Waals surface area (Å²) in [4.78, 5) is 17.8. The minimum atomic E-state index is -4.74. The highest BCUT2D eigenvalue weighted by atomic mass is 19.4. The zero-order chi connectivity index (χ0) is 16.4. The lowest BCUT2D eigenvalue weighted by atomic mass is 10.0. The van der Waals surface area contributed by atoms with Gasteiger partial charge in [-0.15, -0.1) is 0 Å². The van der Waals surface area contributed by atoms with E-state index in [4.69, 9.17) is 0 Å². The zero-order valence-corrected chi connectivity index (χ0v) is 11.4. The summed E-state index contributed by atoms with van der Waals surface area (Å²) in [5, 5.41) is 6.85. The molecule has 10 heteroatoms. The maximum atomic E-state index is 12.5. The summed E-state index contributed by atoms with van der Waals surface area (Å²) in [6, 6.07) is 1.43. The molecule has 0 saturated heterocycles. The molecule has 0 spiro atoms. The van der Waals surface area contributed by atoms with Gasteiger partial charge in [0.05, 0.1) is 6.20 Å². The quantitative estimate of drug-likeness (QED) is 0.789. The van der Waals surface area contributed by atoms with E-state index in [0.717, 1.165) is 5.56 Å². The van der Waals surface area contributed by atoms with Crippen molar-refractivity contribution >= 4 is 0 Å². The largest absolute Gasteiger partial charge is 0.471 e. The topological polar surface area (TPSA) is 97.8 Å². The van der Waals surface area contributed by atoms with E-state index in [2.05, 4.69) is 29.3 Å². The van der Waals surface area contributed by atoms with Gasteiger partial charge in [-0.25, -0.2) is 0 Å². The minimum absolute atomic E-state index is 0.185. The number of hydrogen-bond donors (Lipinski definition) is 1. The molecular weight excluding hydrogens is 317 g/mol. The standard InChI is InChI=1S/C13H9F3N4O3/c14-13(15,16)12-19-10(20-23-12)8-3-4-17-11(21)9(8)2-1-7-5-18-22-6-7/h3-6H,1-2H2,(H,17,21). The van der Waals surface area contributed by atoms with Crippen LogP contribution in [0.4, 0.5) is 13.2 Å². The van der Waals surface area contributed by atoms with Crippen LogP contribution in [0.3, 0.4) is 0 Å². The van der Waals surface area contributed by atoms with E-state index < -0.39 is 17.6 Å². The first kappa shape index (κ1) is 15.0. The predicted molar refractivity (Wildman–Crippen MR) is 69.3 cm³/mol. The van der Waals surface area contributed by atoms with Gasteiger partial charge in [-0.05, 0) is 18.9 Å². The van der Waals surface area contributed by atoms with Crippen molar-refractivity contribution in [3.05, 3.63) is 52.1 Å². The Morgan fingerprint density at radius 1 is 1.26 bits per heavy atom. The second-order valence-corrected chi connectivity index (χ2v) is 4.65. The van der Waals surface area contributed by atoms with Crippen molar-refractivity contribution in [1.82, 2.24) is 20.3 Å². The van der Waals surface area contributed by atoms with Gasteiger partial charge in [-0.2, -0.15) is 18.2 Å². The van der Waals surface area contributed by atoms with Crippen LogP contribution in [-0.4, -0.2) is 20.3 Å². The summed E-state index contributed by atoms with van der Waals surface area (Å²) < 4.78 is 46.5. The Hall–Kier alpha value is -2.91. The molecule has 0 bridgehead atoms. The molecule has 0 aromatic carbocycles. The van der Waals surface area contributed by atoms with Crippen molar-refractivity contribution in [2.45, 2.75) is 19.0 Å². The molecule has 0 aliphatic rings. The van der Waals surface area contributed by atoms with Gasteiger partial charge in [0.2, 0.25) is 5.82 Å². The fraction of sp³-hybridized carbons (Fsp3) is 0.231. The monoisotopic (exact) mass is 326 g/mol. The molecule has 3 aromatic rings. The van der Waals surface area contributed by atoms with Crippen LogP contribution in [0.15, 0.2) is 38.6 Å². The predicted octanol–water partition coefficient (Wildman–Crippen LogP) is 2.22. The minimum Gasteiger partial charge on any atom is -0.364 e. The first-order valence-corrected chi connectivity index (χ1v) is 6.45. The third-order valence-electron chi connectivity index (χ3n) is 3.12. The Labute approximate surface area is 126 Å². The van der Waals surface area contributed by atoms with E-state index in [-0.39, 0.29) is 23.4 Å². The lowest BCUT2D eigenvalue weighted by Gasteiger charge is -2.04. The average Bonchev–Trinajstić information content (AvgIpc) is 3.17. The lowest BCUT2D eigenvalue weighted by molar-refractivity contribution is -0.159. The lowest BCUT2D eigenvalue weighted by Crippen LogP contribution is -2.14. The number of H-pyrrole nitrogens is 1. The van der Waals surface area contributed by atoms with E-state index in [1.807, 2.05) is 0 Å². The van der Waals surface area contributed by atoms with Crippen molar-refractivity contribution in [2.75, 3.05) is 0 Å². The van der Waals surface area contributed by atoms with E-state index in [1.165, 1.54) is 24.7 Å². The van der Waals surface area contributed by atoms with Gasteiger partial charge in [0, 0.05) is 22.9 Å². The van der Waals surface area contributed by atoms with Crippen molar-refractivity contribution in [1.29, 1.82) is 0 Å². The van der Waals surface area contributed by atoms with E-state index in [9.17, 15) is 18.0 Å². The number of nitrogens with zero attached hydrogens (tertiary/aromatic N) is 3. The number of rotatable bonds is 4. The Kier molecular flexibility index (Phi) is 3.72. The van der Waals surface area contributed by atoms with Gasteiger partial charge < -0.3 is 14.0 Å². The van der Waals surface area contributed by atoms with Crippen LogP contribution < -0.4 is 5.56 Å². The summed E-state index contributed by atoms with van der Waals surface area (Å²) in [7, 11) is 0. The van der Waals surface area contributed by atoms with Gasteiger partial charge >= 0.3 is 12.1 Å². The second kappa shape index (κ2) is 5.71. The molecule has 120 valence electrons. The summed E-state index contributed by atoms with van der Waals surface area (Å²) in [5.41, 5.74) is 0.758. The maximum absolute atomic E-state index is 12.5. The maximum Gasteiger partial charge on any atom is 0.471 e. The van der Waals surface area contributed by atoms with Crippen LogP contribution in [0.5, 0.6) is 0 Å². The number of halogens is 3. The number of aryl methyl sites for hydroxylation is 1. The summed E-state index contributed by atoms with van der Waals surface area (Å²) in [6.45, 7) is 0. The SMILES string of the molecule is O=c1[nH]ccc(-c2noc(C(F)(F)F)n2)c1CCc1cnoc1. The summed E-state index contributed by atoms with van der Waals surface area (Å²) in [6.07, 6.45) is 0.162. The van der Waals surface area contributed by atoms with E-state index in [1.54, 1.807) is 0 Å². The molecule has 0 aliphatic carbocycles. The van der Waals surface area contributed by atoms with Crippen LogP contribution in [0.2, 0.25) is 0 Å². The molecule has 3 aromatic heterocycles. The molecule has 0 radical (unpaired) electrons. The number of aromatic amines is 1. The molecule has 0 amide bonds. The molecule has 23 heavy (non-hydrogen) atoms. The molecular formula is C13H9F3N4O3. The number of hydrogen-bond acceptors (Lipinski definition) is 6. The third-order valence-corrected chi connectivity index (χ3v) is 3.12. The summed E-state index contributed by atoms with van der Waals surface area (Å²) >= 11 is 0. The molecule has 0 saturated carbocycles. The molecule has 3 rings (SSSR count). The molecule has 0 aliphatic heterocycles. The Balaban J connectivity index is 1.94. The van der Waals surface area contributed by atoms with Crippen molar-refractivity contribution in [3.8, 4) is 11.4 Å². The molecule has 3 heterocycles. The second-order valence-electron chi connectivity index (χ2n) is 4.65. The van der Waals surface area contributed by atoms with Crippen molar-refractivity contribution in [3.63, 3.8) is 0 Å². The Bertz CT molecular complexity index is 852. The van der Waals surface area contributed by atoms with Gasteiger partial charge in [0.15, 0.2) is 0 Å². The smallest absolute Gasteiger partial charge is 0.364 e. The molecule has 0 unspecified atom stereocenters. The zero-order valence-electron chi connectivity index (χ0n) is 11.4. The molecule has 1 N–H and O–H groups in total. The molecule has 7 nitrogen and oxygen atoms in total. The van der Waals surface area contributed by atoms with Gasteiger partial charge in [-0.3, -0.25) is 4.79 Å². The first-order valence-electron chi connectivity index (χ1n) is 6.45. The highest BCUT2D eigenvalue weighted by Crippen LogP contribution is 2.29. The van der Waals surface area contributed by atoms with Gasteiger partial charge in [0.1, 0.15) is 6.26 Å². The van der Waals surface area contributed by atoms with Crippen LogP contribution >= 0.6 is 0 Å². The highest BCUT2D eigenvalue weighted by molar-refractivity contribution is 5.58. The Morgan fingerprint density at radius 2 is 2.09 bits per heavy atom. The number of aromatic nitrogens is 4. The average molecular weight is 326 g/mol. The normalized spacial score (nSPS) is 11.8. The van der Waals surface area contributed by atoms with E-state index in [0.29, 0.717) is 6.42 Å². The number of pyridine rings is 1. The molecule has 0 fully saturated rings. The van der Waals surface area contributed by atoms with Gasteiger partial charge in [-0.1, -0.05) is 10.3 Å². The third kappa shape index (κ3) is 3.15. The van der Waals surface area contributed by atoms with Crippen molar-refractivity contribution in [2.24, 2.45) is 0 Å². The number of nitrogens with one attached hydrogen (secondary N) is 1. The number of alkyl halides is 3. The first-order chi connectivity index (χ1) is 10.9. The van der Waals surface area contributed by atoms with Crippen LogP contribution in [0.1, 0.15) is 17.0 Å². The Morgan fingerprint density at radius 3 is 2.74 bits per heavy atom. The van der Waals surface area contributed by atoms with Crippen LogP contribution in [0, 0.1) is 0 Å². The van der Waals surface area contributed by atoms with Crippen LogP contribution in [0.25, 0.3) is 11.4 Å². The summed E-state index contributed by atoms with van der Waals surface area (Å²) in [5.74, 6) is -1.75.